The first-order valence-corrected chi connectivity index (χ1v) is 7.18. The zero-order valence-corrected chi connectivity index (χ0v) is 11.8. The van der Waals surface area contributed by atoms with Crippen molar-refractivity contribution in [2.75, 3.05) is 7.11 Å². The van der Waals surface area contributed by atoms with Gasteiger partial charge in [0.2, 0.25) is 0 Å². The van der Waals surface area contributed by atoms with Gasteiger partial charge in [0.05, 0.1) is 7.11 Å². The van der Waals surface area contributed by atoms with E-state index in [9.17, 15) is 12.8 Å². The molecular weight excluding hydrogens is 283 g/mol. The van der Waals surface area contributed by atoms with Crippen LogP contribution in [0.4, 0.5) is 4.39 Å². The molecule has 0 aliphatic rings. The molecule has 0 aromatic heterocycles. The van der Waals surface area contributed by atoms with Crippen molar-refractivity contribution in [3.8, 4) is 11.5 Å². The van der Waals surface area contributed by atoms with Crippen LogP contribution in [0.5, 0.6) is 11.5 Å². The summed E-state index contributed by atoms with van der Waals surface area (Å²) in [5, 5.41) is 0. The molecule has 0 aliphatic heterocycles. The summed E-state index contributed by atoms with van der Waals surface area (Å²) in [5.41, 5.74) is 0.290. The molecule has 0 atom stereocenters. The number of hydrogen-bond donors (Lipinski definition) is 0. The molecule has 6 heteroatoms. The number of methoxy groups -OCH3 is 1. The Morgan fingerprint density at radius 1 is 1.00 bits per heavy atom. The summed E-state index contributed by atoms with van der Waals surface area (Å²) in [6.45, 7) is 1.51. The molecule has 106 valence electrons. The normalized spacial score (nSPS) is 11.2. The van der Waals surface area contributed by atoms with Gasteiger partial charge in [-0.1, -0.05) is 0 Å². The monoisotopic (exact) mass is 296 g/mol. The fraction of sp³-hybridized carbons (Fsp3) is 0.143. The lowest BCUT2D eigenvalue weighted by Crippen LogP contribution is -2.11. The molecular formula is C14H13FO4S. The molecule has 0 heterocycles. The third-order valence-electron chi connectivity index (χ3n) is 2.67. The van der Waals surface area contributed by atoms with Crippen LogP contribution in [-0.4, -0.2) is 15.5 Å². The SMILES string of the molecule is COc1ccc(OS(=O)(=O)c2ccc(F)cc2C)cc1. The second kappa shape index (κ2) is 5.50. The second-order valence-corrected chi connectivity index (χ2v) is 5.64. The molecule has 0 saturated heterocycles. The van der Waals surface area contributed by atoms with Gasteiger partial charge in [-0.2, -0.15) is 8.42 Å². The molecule has 2 aromatic rings. The quantitative estimate of drug-likeness (QED) is 0.814. The highest BCUT2D eigenvalue weighted by Crippen LogP contribution is 2.23. The van der Waals surface area contributed by atoms with E-state index >= 15 is 0 Å². The zero-order valence-electron chi connectivity index (χ0n) is 11.0. The Kier molecular flexibility index (Phi) is 3.94. The van der Waals surface area contributed by atoms with Gasteiger partial charge in [0.25, 0.3) is 0 Å². The first-order valence-electron chi connectivity index (χ1n) is 5.77. The van der Waals surface area contributed by atoms with E-state index < -0.39 is 15.9 Å². The van der Waals surface area contributed by atoms with Gasteiger partial charge >= 0.3 is 10.1 Å². The van der Waals surface area contributed by atoms with Gasteiger partial charge in [-0.15, -0.1) is 0 Å². The Labute approximate surface area is 116 Å². The zero-order chi connectivity index (χ0) is 14.8. The van der Waals surface area contributed by atoms with Crippen molar-refractivity contribution in [1.29, 1.82) is 0 Å². The summed E-state index contributed by atoms with van der Waals surface area (Å²) >= 11 is 0. The molecule has 0 N–H and O–H groups in total. The van der Waals surface area contributed by atoms with E-state index in [2.05, 4.69) is 0 Å². The number of rotatable bonds is 4. The summed E-state index contributed by atoms with van der Waals surface area (Å²) in [7, 11) is -2.48. The molecule has 20 heavy (non-hydrogen) atoms. The summed E-state index contributed by atoms with van der Waals surface area (Å²) in [6, 6.07) is 9.54. The van der Waals surface area contributed by atoms with Gasteiger partial charge in [0.1, 0.15) is 22.2 Å². The van der Waals surface area contributed by atoms with Crippen LogP contribution in [0.3, 0.4) is 0 Å². The maximum Gasteiger partial charge on any atom is 0.339 e. The Balaban J connectivity index is 2.30. The lowest BCUT2D eigenvalue weighted by Gasteiger charge is -2.09. The van der Waals surface area contributed by atoms with Crippen LogP contribution in [0.1, 0.15) is 5.56 Å². The molecule has 0 aliphatic carbocycles. The average Bonchev–Trinajstić information content (AvgIpc) is 2.38. The fourth-order valence-electron chi connectivity index (χ4n) is 1.70. The molecule has 0 bridgehead atoms. The highest BCUT2D eigenvalue weighted by Gasteiger charge is 2.19. The molecule has 0 unspecified atom stereocenters. The molecule has 4 nitrogen and oxygen atoms in total. The van der Waals surface area contributed by atoms with E-state index in [4.69, 9.17) is 8.92 Å². The van der Waals surface area contributed by atoms with E-state index in [1.165, 1.54) is 32.2 Å². The van der Waals surface area contributed by atoms with Crippen LogP contribution in [0, 0.1) is 12.7 Å². The minimum absolute atomic E-state index is 0.0604. The van der Waals surface area contributed by atoms with Gasteiger partial charge in [0, 0.05) is 0 Å². The molecule has 0 saturated carbocycles. The van der Waals surface area contributed by atoms with E-state index in [0.29, 0.717) is 11.3 Å². The van der Waals surface area contributed by atoms with Crippen LogP contribution in [-0.2, 0) is 10.1 Å². The number of benzene rings is 2. The topological polar surface area (TPSA) is 52.6 Å². The molecule has 0 spiro atoms. The van der Waals surface area contributed by atoms with Crippen LogP contribution in [0.2, 0.25) is 0 Å². The van der Waals surface area contributed by atoms with E-state index in [1.54, 1.807) is 12.1 Å². The maximum absolute atomic E-state index is 13.0. The summed E-state index contributed by atoms with van der Waals surface area (Å²) in [5.74, 6) is 0.258. The van der Waals surface area contributed by atoms with Gasteiger partial charge in [-0.05, 0) is 55.0 Å². The van der Waals surface area contributed by atoms with Crippen LogP contribution >= 0.6 is 0 Å². The van der Waals surface area contributed by atoms with Crippen LogP contribution in [0.25, 0.3) is 0 Å². The highest BCUT2D eigenvalue weighted by atomic mass is 32.2. The third kappa shape index (κ3) is 3.08. The average molecular weight is 296 g/mol. The molecule has 0 amide bonds. The third-order valence-corrected chi connectivity index (χ3v) is 4.08. The fourth-order valence-corrected chi connectivity index (χ4v) is 2.84. The van der Waals surface area contributed by atoms with Crippen molar-refractivity contribution in [2.45, 2.75) is 11.8 Å². The minimum Gasteiger partial charge on any atom is -0.497 e. The molecule has 2 aromatic carbocycles. The Morgan fingerprint density at radius 3 is 2.15 bits per heavy atom. The Bertz CT molecular complexity index is 708. The number of halogens is 1. The van der Waals surface area contributed by atoms with Gasteiger partial charge in [0.15, 0.2) is 0 Å². The maximum atomic E-state index is 13.0. The van der Waals surface area contributed by atoms with Gasteiger partial charge < -0.3 is 8.92 Å². The molecule has 0 radical (unpaired) electrons. The van der Waals surface area contributed by atoms with Crippen molar-refractivity contribution < 1.29 is 21.7 Å². The molecule has 0 fully saturated rings. The van der Waals surface area contributed by atoms with Crippen molar-refractivity contribution in [3.05, 3.63) is 53.8 Å². The number of aryl methyl sites for hydroxylation is 1. The van der Waals surface area contributed by atoms with Crippen LogP contribution < -0.4 is 8.92 Å². The van der Waals surface area contributed by atoms with Crippen LogP contribution in [0.15, 0.2) is 47.4 Å². The minimum atomic E-state index is -3.99. The first-order chi connectivity index (χ1) is 9.42. The van der Waals surface area contributed by atoms with Crippen molar-refractivity contribution >= 4 is 10.1 Å². The van der Waals surface area contributed by atoms with Gasteiger partial charge in [-0.3, -0.25) is 0 Å². The first kappa shape index (κ1) is 14.3. The summed E-state index contributed by atoms with van der Waals surface area (Å²) < 4.78 is 47.2. The predicted octanol–water partition coefficient (Wildman–Crippen LogP) is 2.91. The molecule has 2 rings (SSSR count). The predicted molar refractivity (Wildman–Crippen MR) is 71.9 cm³/mol. The van der Waals surface area contributed by atoms with Crippen molar-refractivity contribution in [2.24, 2.45) is 0 Å². The number of ether oxygens (including phenoxy) is 1. The highest BCUT2D eigenvalue weighted by molar-refractivity contribution is 7.87. The van der Waals surface area contributed by atoms with Gasteiger partial charge in [-0.25, -0.2) is 4.39 Å². The van der Waals surface area contributed by atoms with Crippen molar-refractivity contribution in [1.82, 2.24) is 0 Å². The Morgan fingerprint density at radius 2 is 1.60 bits per heavy atom. The lowest BCUT2D eigenvalue weighted by atomic mass is 10.2. The summed E-state index contributed by atoms with van der Waals surface area (Å²) in [6.07, 6.45) is 0. The standard InChI is InChI=1S/C14H13FO4S/c1-10-9-11(15)3-8-14(10)20(16,17)19-13-6-4-12(18-2)5-7-13/h3-9H,1-2H3. The Hall–Kier alpha value is -2.08. The smallest absolute Gasteiger partial charge is 0.339 e. The second-order valence-electron chi connectivity index (χ2n) is 4.12. The van der Waals surface area contributed by atoms with E-state index in [-0.39, 0.29) is 10.6 Å². The largest absolute Gasteiger partial charge is 0.497 e. The summed E-state index contributed by atoms with van der Waals surface area (Å²) in [4.78, 5) is -0.0604. The number of hydrogen-bond acceptors (Lipinski definition) is 4. The van der Waals surface area contributed by atoms with E-state index in [0.717, 1.165) is 12.1 Å². The van der Waals surface area contributed by atoms with Crippen molar-refractivity contribution in [3.63, 3.8) is 0 Å². The van der Waals surface area contributed by atoms with E-state index in [1.807, 2.05) is 0 Å². The lowest BCUT2D eigenvalue weighted by molar-refractivity contribution is 0.413.